The van der Waals surface area contributed by atoms with Crippen molar-refractivity contribution in [1.29, 1.82) is 0 Å². The van der Waals surface area contributed by atoms with Gasteiger partial charge in [0.15, 0.2) is 11.6 Å². The molecule has 3 heterocycles. The molecule has 9 nitrogen and oxygen atoms in total. The van der Waals surface area contributed by atoms with Crippen LogP contribution in [0.5, 0.6) is 0 Å². The number of amides is 2. The number of thiophene rings is 1. The standard InChI is InChI=1S/C32H34F2N6O3S/c1-38-12-13-39(2)31(42)28(38)18-8-10-21(11-9-18)35-29-32(43)40(3)17-24(36-29)22-15-20(33)16-23(27(22)34)37-30(41)26-14-19-6-4-5-7-25(19)44-26/h8,10,14-17,28H,4-7,9,11-13H2,1-3H3,(H,35,36)(H,37,41). The fourth-order valence-corrected chi connectivity index (χ4v) is 7.14. The summed E-state index contributed by atoms with van der Waals surface area (Å²) in [6.07, 6.45) is 10.2. The summed E-state index contributed by atoms with van der Waals surface area (Å²) in [6.45, 7) is 1.47. The molecule has 1 aromatic carbocycles. The number of halogens is 2. The van der Waals surface area contributed by atoms with Gasteiger partial charge in [0.05, 0.1) is 16.3 Å². The van der Waals surface area contributed by atoms with Crippen LogP contribution in [0.15, 0.2) is 52.6 Å². The SMILES string of the molecule is CN1CCN(C)C(C2=CC=C(Nc3nc(-c4cc(F)cc(NC(=O)c5cc6c(s5)CCCC6)c4F)cn(C)c3=O)CC2)C1=O. The van der Waals surface area contributed by atoms with Crippen LogP contribution >= 0.6 is 11.3 Å². The van der Waals surface area contributed by atoms with Gasteiger partial charge in [0, 0.05) is 55.6 Å². The number of piperazine rings is 1. The average molecular weight is 621 g/mol. The second-order valence-electron chi connectivity index (χ2n) is 11.6. The first-order chi connectivity index (χ1) is 21.1. The zero-order chi connectivity index (χ0) is 31.1. The molecule has 1 atom stereocenters. The van der Waals surface area contributed by atoms with Crippen LogP contribution in [-0.4, -0.2) is 64.4 Å². The summed E-state index contributed by atoms with van der Waals surface area (Å²) in [5.74, 6) is -2.10. The van der Waals surface area contributed by atoms with Crippen LogP contribution in [0.25, 0.3) is 11.3 Å². The Bertz CT molecular complexity index is 1750. The quantitative estimate of drug-likeness (QED) is 0.415. The Balaban J connectivity index is 1.25. The number of likely N-dealkylation sites (N-methyl/N-ethyl adjacent to an activating group) is 2. The highest BCUT2D eigenvalue weighted by molar-refractivity contribution is 7.14. The Labute approximate surface area is 257 Å². The van der Waals surface area contributed by atoms with E-state index < -0.39 is 23.1 Å². The van der Waals surface area contributed by atoms with Crippen LogP contribution in [0.3, 0.4) is 0 Å². The molecule has 44 heavy (non-hydrogen) atoms. The molecule has 230 valence electrons. The smallest absolute Gasteiger partial charge is 0.293 e. The number of carbonyl (C=O) groups excluding carboxylic acids is 2. The molecule has 1 fully saturated rings. The van der Waals surface area contributed by atoms with Crippen LogP contribution in [0.2, 0.25) is 0 Å². The summed E-state index contributed by atoms with van der Waals surface area (Å²) in [5, 5.41) is 5.59. The minimum Gasteiger partial charge on any atom is -0.343 e. The molecule has 0 saturated carbocycles. The van der Waals surface area contributed by atoms with Gasteiger partial charge in [-0.25, -0.2) is 13.8 Å². The highest BCUT2D eigenvalue weighted by Gasteiger charge is 2.34. The molecule has 3 aliphatic rings. The summed E-state index contributed by atoms with van der Waals surface area (Å²) >= 11 is 1.39. The zero-order valence-electron chi connectivity index (χ0n) is 24.9. The van der Waals surface area contributed by atoms with Crippen LogP contribution in [-0.2, 0) is 24.7 Å². The fraction of sp³-hybridized carbons (Fsp3) is 0.375. The molecule has 12 heteroatoms. The van der Waals surface area contributed by atoms with Crippen molar-refractivity contribution in [1.82, 2.24) is 19.4 Å². The van der Waals surface area contributed by atoms with Crippen molar-refractivity contribution >= 4 is 34.7 Å². The monoisotopic (exact) mass is 620 g/mol. The molecule has 2 N–H and O–H groups in total. The zero-order valence-corrected chi connectivity index (χ0v) is 25.7. The fourth-order valence-electron chi connectivity index (χ4n) is 5.99. The minimum atomic E-state index is -0.853. The van der Waals surface area contributed by atoms with Crippen LogP contribution < -0.4 is 16.2 Å². The van der Waals surface area contributed by atoms with E-state index in [1.807, 2.05) is 30.2 Å². The number of hydrogen-bond acceptors (Lipinski definition) is 7. The van der Waals surface area contributed by atoms with Crippen molar-refractivity contribution in [2.75, 3.05) is 37.8 Å². The van der Waals surface area contributed by atoms with Crippen molar-refractivity contribution < 1.29 is 18.4 Å². The van der Waals surface area contributed by atoms with Crippen LogP contribution in [0.4, 0.5) is 20.3 Å². The predicted octanol–water partition coefficient (Wildman–Crippen LogP) is 4.71. The largest absolute Gasteiger partial charge is 0.343 e. The van der Waals surface area contributed by atoms with E-state index in [4.69, 9.17) is 0 Å². The van der Waals surface area contributed by atoms with Gasteiger partial charge in [0.2, 0.25) is 5.91 Å². The third-order valence-corrected chi connectivity index (χ3v) is 9.74. The van der Waals surface area contributed by atoms with Gasteiger partial charge in [-0.05, 0) is 74.9 Å². The molecule has 0 radical (unpaired) electrons. The Hall–Kier alpha value is -4.16. The molecule has 0 bridgehead atoms. The Morgan fingerprint density at radius 1 is 1.00 bits per heavy atom. The normalized spacial score (nSPS) is 18.9. The number of rotatable bonds is 6. The molecule has 6 rings (SSSR count). The second kappa shape index (κ2) is 12.1. The topological polar surface area (TPSA) is 99.6 Å². The summed E-state index contributed by atoms with van der Waals surface area (Å²) in [7, 11) is 5.24. The van der Waals surface area contributed by atoms with E-state index >= 15 is 4.39 Å². The molecule has 3 aromatic rings. The lowest BCUT2D eigenvalue weighted by Crippen LogP contribution is -2.54. The number of benzene rings is 1. The van der Waals surface area contributed by atoms with Gasteiger partial charge in [-0.1, -0.05) is 6.08 Å². The number of carbonyl (C=O) groups is 2. The molecule has 2 aliphatic carbocycles. The Morgan fingerprint density at radius 3 is 2.55 bits per heavy atom. The van der Waals surface area contributed by atoms with E-state index in [2.05, 4.69) is 15.6 Å². The maximum atomic E-state index is 15.8. The lowest BCUT2D eigenvalue weighted by atomic mass is 9.93. The van der Waals surface area contributed by atoms with E-state index in [0.717, 1.165) is 55.5 Å². The molecule has 2 aromatic heterocycles. The van der Waals surface area contributed by atoms with Crippen molar-refractivity contribution in [2.24, 2.45) is 7.05 Å². The van der Waals surface area contributed by atoms with E-state index in [-0.39, 0.29) is 34.7 Å². The Kier molecular flexibility index (Phi) is 8.21. The van der Waals surface area contributed by atoms with Gasteiger partial charge in [0.1, 0.15) is 11.9 Å². The van der Waals surface area contributed by atoms with Gasteiger partial charge in [-0.15, -0.1) is 11.3 Å². The third kappa shape index (κ3) is 5.83. The molecule has 0 spiro atoms. The molecular weight excluding hydrogens is 586 g/mol. The molecule has 2 amide bonds. The van der Waals surface area contributed by atoms with Crippen molar-refractivity contribution in [3.05, 3.63) is 85.1 Å². The number of aryl methyl sites for hydroxylation is 3. The number of aromatic nitrogens is 2. The molecular formula is C32H34F2N6O3S. The summed E-state index contributed by atoms with van der Waals surface area (Å²) < 4.78 is 31.8. The number of hydrogen-bond donors (Lipinski definition) is 2. The van der Waals surface area contributed by atoms with Gasteiger partial charge >= 0.3 is 0 Å². The third-order valence-electron chi connectivity index (χ3n) is 8.50. The van der Waals surface area contributed by atoms with E-state index in [1.54, 1.807) is 11.9 Å². The maximum absolute atomic E-state index is 15.8. The van der Waals surface area contributed by atoms with Gasteiger partial charge in [0.25, 0.3) is 11.5 Å². The first-order valence-electron chi connectivity index (χ1n) is 14.7. The van der Waals surface area contributed by atoms with E-state index in [9.17, 15) is 18.8 Å². The summed E-state index contributed by atoms with van der Waals surface area (Å²) in [5.41, 5.74) is 1.93. The van der Waals surface area contributed by atoms with Gasteiger partial charge in [-0.3, -0.25) is 19.3 Å². The molecule has 1 saturated heterocycles. The van der Waals surface area contributed by atoms with Crippen LogP contribution in [0.1, 0.15) is 45.8 Å². The minimum absolute atomic E-state index is 0.0267. The number of nitrogens with one attached hydrogen (secondary N) is 2. The predicted molar refractivity (Wildman–Crippen MR) is 167 cm³/mol. The van der Waals surface area contributed by atoms with Gasteiger partial charge < -0.3 is 20.1 Å². The Morgan fingerprint density at radius 2 is 1.80 bits per heavy atom. The molecule has 1 unspecified atom stereocenters. The highest BCUT2D eigenvalue weighted by Crippen LogP contribution is 2.33. The lowest BCUT2D eigenvalue weighted by Gasteiger charge is -2.38. The number of nitrogens with zero attached hydrogens (tertiary/aromatic N) is 4. The average Bonchev–Trinajstić information content (AvgIpc) is 3.45. The number of allylic oxidation sites excluding steroid dienone is 3. The first-order valence-corrected chi connectivity index (χ1v) is 15.5. The van der Waals surface area contributed by atoms with Crippen LogP contribution in [0, 0.1) is 11.6 Å². The number of anilines is 2. The van der Waals surface area contributed by atoms with E-state index in [1.165, 1.54) is 34.0 Å². The lowest BCUT2D eigenvalue weighted by molar-refractivity contribution is -0.137. The highest BCUT2D eigenvalue weighted by atomic mass is 32.1. The maximum Gasteiger partial charge on any atom is 0.293 e. The summed E-state index contributed by atoms with van der Waals surface area (Å²) in [6, 6.07) is 3.45. The first kappa shape index (κ1) is 29.9. The van der Waals surface area contributed by atoms with Crippen molar-refractivity contribution in [2.45, 2.75) is 44.6 Å². The van der Waals surface area contributed by atoms with Crippen molar-refractivity contribution in [3.8, 4) is 11.3 Å². The second-order valence-corrected chi connectivity index (χ2v) is 12.8. The summed E-state index contributed by atoms with van der Waals surface area (Å²) in [4.78, 5) is 48.5. The number of fused-ring (bicyclic) bond motifs is 1. The van der Waals surface area contributed by atoms with Crippen molar-refractivity contribution in [3.63, 3.8) is 0 Å². The molecule has 1 aliphatic heterocycles. The van der Waals surface area contributed by atoms with Gasteiger partial charge in [-0.2, -0.15) is 0 Å². The van der Waals surface area contributed by atoms with E-state index in [0.29, 0.717) is 30.0 Å².